The maximum absolute atomic E-state index is 12.3. The number of nitrogens with one attached hydrogen (secondary N) is 1. The summed E-state index contributed by atoms with van der Waals surface area (Å²) in [6.07, 6.45) is 3.54. The minimum absolute atomic E-state index is 0.182. The Morgan fingerprint density at radius 3 is 2.50 bits per heavy atom. The lowest BCUT2D eigenvalue weighted by atomic mass is 10.1. The Labute approximate surface area is 153 Å². The molecule has 0 spiro atoms. The van der Waals surface area contributed by atoms with Gasteiger partial charge in [-0.05, 0) is 24.3 Å². The first kappa shape index (κ1) is 16.3. The van der Waals surface area contributed by atoms with E-state index in [1.54, 1.807) is 53.2 Å². The molecule has 3 amide bonds. The SMILES string of the molecule is O=C(CN1C(=O)c2ccccc2C1=O)NCc1cn2ccc(Cl)cc2n1. The number of pyridine rings is 1. The summed E-state index contributed by atoms with van der Waals surface area (Å²) in [4.78, 5) is 42.0. The van der Waals surface area contributed by atoms with E-state index in [0.717, 1.165) is 4.90 Å². The highest BCUT2D eigenvalue weighted by Gasteiger charge is 2.36. The van der Waals surface area contributed by atoms with Gasteiger partial charge < -0.3 is 9.72 Å². The Hall–Kier alpha value is -3.19. The molecule has 2 aromatic heterocycles. The van der Waals surface area contributed by atoms with Crippen LogP contribution >= 0.6 is 11.6 Å². The molecule has 0 atom stereocenters. The first-order chi connectivity index (χ1) is 12.5. The van der Waals surface area contributed by atoms with Gasteiger partial charge in [0.05, 0.1) is 23.4 Å². The molecule has 0 saturated carbocycles. The molecule has 26 heavy (non-hydrogen) atoms. The molecule has 0 bridgehead atoms. The molecular formula is C18H13ClN4O3. The summed E-state index contributed by atoms with van der Waals surface area (Å²) >= 11 is 5.92. The number of halogens is 1. The molecule has 3 heterocycles. The molecule has 0 saturated heterocycles. The van der Waals surface area contributed by atoms with E-state index in [9.17, 15) is 14.4 Å². The number of amides is 3. The number of fused-ring (bicyclic) bond motifs is 2. The second kappa shape index (κ2) is 6.27. The van der Waals surface area contributed by atoms with Crippen molar-refractivity contribution in [1.29, 1.82) is 0 Å². The Morgan fingerprint density at radius 2 is 1.81 bits per heavy atom. The van der Waals surface area contributed by atoms with E-state index in [0.29, 0.717) is 27.5 Å². The van der Waals surface area contributed by atoms with Gasteiger partial charge in [0, 0.05) is 17.4 Å². The van der Waals surface area contributed by atoms with Gasteiger partial charge in [-0.15, -0.1) is 0 Å². The van der Waals surface area contributed by atoms with Crippen molar-refractivity contribution in [2.24, 2.45) is 0 Å². The van der Waals surface area contributed by atoms with E-state index in [2.05, 4.69) is 10.3 Å². The number of rotatable bonds is 4. The highest BCUT2D eigenvalue weighted by Crippen LogP contribution is 2.21. The van der Waals surface area contributed by atoms with E-state index < -0.39 is 17.7 Å². The number of hydrogen-bond donors (Lipinski definition) is 1. The van der Waals surface area contributed by atoms with Crippen LogP contribution in [0.15, 0.2) is 48.8 Å². The van der Waals surface area contributed by atoms with Crippen LogP contribution in [-0.4, -0.2) is 38.6 Å². The van der Waals surface area contributed by atoms with Crippen LogP contribution in [0.2, 0.25) is 5.02 Å². The van der Waals surface area contributed by atoms with Crippen LogP contribution in [0.25, 0.3) is 5.65 Å². The zero-order valence-electron chi connectivity index (χ0n) is 13.5. The van der Waals surface area contributed by atoms with Gasteiger partial charge in [-0.1, -0.05) is 23.7 Å². The minimum Gasteiger partial charge on any atom is -0.349 e. The Bertz CT molecular complexity index is 1020. The van der Waals surface area contributed by atoms with Crippen molar-refractivity contribution in [2.45, 2.75) is 6.54 Å². The van der Waals surface area contributed by atoms with Crippen LogP contribution in [0.4, 0.5) is 0 Å². The fourth-order valence-corrected chi connectivity index (χ4v) is 3.02. The van der Waals surface area contributed by atoms with E-state index in [1.807, 2.05) is 0 Å². The van der Waals surface area contributed by atoms with Gasteiger partial charge in [0.2, 0.25) is 5.91 Å². The molecule has 1 aliphatic heterocycles. The number of carbonyl (C=O) groups is 3. The maximum Gasteiger partial charge on any atom is 0.262 e. The van der Waals surface area contributed by atoms with Crippen molar-refractivity contribution in [3.05, 3.63) is 70.6 Å². The van der Waals surface area contributed by atoms with Crippen molar-refractivity contribution >= 4 is 35.0 Å². The van der Waals surface area contributed by atoms with Crippen LogP contribution in [0, 0.1) is 0 Å². The van der Waals surface area contributed by atoms with Gasteiger partial charge in [-0.2, -0.15) is 0 Å². The van der Waals surface area contributed by atoms with Crippen molar-refractivity contribution in [3.63, 3.8) is 0 Å². The van der Waals surface area contributed by atoms with Gasteiger partial charge in [0.15, 0.2) is 0 Å². The summed E-state index contributed by atoms with van der Waals surface area (Å²) in [6, 6.07) is 9.98. The average Bonchev–Trinajstić information content (AvgIpc) is 3.14. The first-order valence-corrected chi connectivity index (χ1v) is 8.26. The van der Waals surface area contributed by atoms with Gasteiger partial charge in [-0.3, -0.25) is 19.3 Å². The molecule has 8 heteroatoms. The number of benzene rings is 1. The highest BCUT2D eigenvalue weighted by atomic mass is 35.5. The smallest absolute Gasteiger partial charge is 0.262 e. The molecule has 0 fully saturated rings. The molecule has 0 unspecified atom stereocenters. The fraction of sp³-hybridized carbons (Fsp3) is 0.111. The molecule has 7 nitrogen and oxygen atoms in total. The lowest BCUT2D eigenvalue weighted by Crippen LogP contribution is -2.40. The Kier molecular flexibility index (Phi) is 3.93. The molecule has 0 radical (unpaired) electrons. The second-order valence-electron chi connectivity index (χ2n) is 5.86. The van der Waals surface area contributed by atoms with Crippen LogP contribution in [0.3, 0.4) is 0 Å². The number of aromatic nitrogens is 2. The maximum atomic E-state index is 12.3. The molecule has 3 aromatic rings. The van der Waals surface area contributed by atoms with Crippen molar-refractivity contribution < 1.29 is 14.4 Å². The van der Waals surface area contributed by atoms with E-state index in [4.69, 9.17) is 11.6 Å². The lowest BCUT2D eigenvalue weighted by Gasteiger charge is -2.13. The number of imidazole rings is 1. The number of nitrogens with zero attached hydrogens (tertiary/aromatic N) is 3. The minimum atomic E-state index is -0.455. The largest absolute Gasteiger partial charge is 0.349 e. The van der Waals surface area contributed by atoms with E-state index in [-0.39, 0.29) is 13.1 Å². The number of imide groups is 1. The second-order valence-corrected chi connectivity index (χ2v) is 6.30. The molecule has 0 aliphatic carbocycles. The summed E-state index contributed by atoms with van der Waals surface area (Å²) in [5, 5.41) is 3.25. The monoisotopic (exact) mass is 368 g/mol. The zero-order valence-corrected chi connectivity index (χ0v) is 14.2. The van der Waals surface area contributed by atoms with Crippen LogP contribution in [0.1, 0.15) is 26.4 Å². The molecule has 4 rings (SSSR count). The third-order valence-electron chi connectivity index (χ3n) is 4.12. The predicted molar refractivity (Wildman–Crippen MR) is 93.9 cm³/mol. The first-order valence-electron chi connectivity index (χ1n) is 7.88. The van der Waals surface area contributed by atoms with E-state index in [1.165, 1.54) is 0 Å². The highest BCUT2D eigenvalue weighted by molar-refractivity contribution is 6.30. The van der Waals surface area contributed by atoms with Crippen molar-refractivity contribution in [2.75, 3.05) is 6.54 Å². The van der Waals surface area contributed by atoms with Crippen molar-refractivity contribution in [1.82, 2.24) is 19.6 Å². The van der Waals surface area contributed by atoms with Crippen LogP contribution in [-0.2, 0) is 11.3 Å². The van der Waals surface area contributed by atoms with Crippen molar-refractivity contribution in [3.8, 4) is 0 Å². The molecule has 1 aliphatic rings. The molecular weight excluding hydrogens is 356 g/mol. The third kappa shape index (κ3) is 2.82. The summed E-state index contributed by atoms with van der Waals surface area (Å²) in [6.45, 7) is -0.146. The lowest BCUT2D eigenvalue weighted by molar-refractivity contribution is -0.121. The summed E-state index contributed by atoms with van der Waals surface area (Å²) in [7, 11) is 0. The summed E-state index contributed by atoms with van der Waals surface area (Å²) in [5.41, 5.74) is 1.95. The Balaban J connectivity index is 1.41. The number of hydrogen-bond acceptors (Lipinski definition) is 4. The zero-order chi connectivity index (χ0) is 18.3. The molecule has 130 valence electrons. The topological polar surface area (TPSA) is 83.8 Å². The van der Waals surface area contributed by atoms with Crippen LogP contribution < -0.4 is 5.32 Å². The van der Waals surface area contributed by atoms with Crippen LogP contribution in [0.5, 0.6) is 0 Å². The third-order valence-corrected chi connectivity index (χ3v) is 4.35. The molecule has 1 aromatic carbocycles. The summed E-state index contributed by atoms with van der Waals surface area (Å²) in [5.74, 6) is -1.35. The molecule has 1 N–H and O–H groups in total. The van der Waals surface area contributed by atoms with Gasteiger partial charge in [0.25, 0.3) is 11.8 Å². The predicted octanol–water partition coefficient (Wildman–Crippen LogP) is 1.90. The van der Waals surface area contributed by atoms with E-state index >= 15 is 0 Å². The van der Waals surface area contributed by atoms with Gasteiger partial charge >= 0.3 is 0 Å². The van der Waals surface area contributed by atoms with Gasteiger partial charge in [-0.25, -0.2) is 4.98 Å². The van der Waals surface area contributed by atoms with Gasteiger partial charge in [0.1, 0.15) is 12.2 Å². The average molecular weight is 369 g/mol. The quantitative estimate of drug-likeness (QED) is 0.713. The number of carbonyl (C=O) groups excluding carboxylic acids is 3. The normalized spacial score (nSPS) is 13.3. The Morgan fingerprint density at radius 1 is 1.12 bits per heavy atom. The summed E-state index contributed by atoms with van der Waals surface area (Å²) < 4.78 is 1.79. The standard InChI is InChI=1S/C18H13ClN4O3/c19-11-5-6-22-9-12(21-15(22)7-11)8-20-16(24)10-23-17(25)13-3-1-2-4-14(13)18(23)26/h1-7,9H,8,10H2,(H,20,24). The fourth-order valence-electron chi connectivity index (χ4n) is 2.87.